The van der Waals surface area contributed by atoms with Crippen LogP contribution in [0.2, 0.25) is 0 Å². The molecular weight excluding hydrogens is 317 g/mol. The molecule has 1 fully saturated rings. The molecule has 7 nitrogen and oxygen atoms in total. The maximum absolute atomic E-state index is 14.2. The number of carboxylic acids is 1. The number of nitrogens with zero attached hydrogens (tertiary/aromatic N) is 2. The molecule has 1 saturated heterocycles. The van der Waals surface area contributed by atoms with Crippen molar-refractivity contribution in [3.05, 3.63) is 29.6 Å². The highest BCUT2D eigenvalue weighted by Crippen LogP contribution is 2.22. The molecule has 0 saturated carbocycles. The van der Waals surface area contributed by atoms with Crippen LogP contribution in [0.25, 0.3) is 0 Å². The molecule has 24 heavy (non-hydrogen) atoms. The number of carbonyl (C=O) groups excluding carboxylic acids is 2. The number of amides is 1. The summed E-state index contributed by atoms with van der Waals surface area (Å²) in [7, 11) is 0. The topological polar surface area (TPSA) is 90.0 Å². The Kier molecular flexibility index (Phi) is 5.86. The predicted molar refractivity (Wildman–Crippen MR) is 85.7 cm³/mol. The van der Waals surface area contributed by atoms with Crippen molar-refractivity contribution < 1.29 is 23.9 Å². The Labute approximate surface area is 139 Å². The lowest BCUT2D eigenvalue weighted by Gasteiger charge is -2.35. The first kappa shape index (κ1) is 17.9. The third-order valence-electron chi connectivity index (χ3n) is 3.87. The highest BCUT2D eigenvalue weighted by atomic mass is 19.1. The number of Topliss-reactive ketones (excluding diaryl/α,β-unsaturated/α-hetero) is 1. The lowest BCUT2D eigenvalue weighted by molar-refractivity contribution is -0.138. The first-order valence-corrected chi connectivity index (χ1v) is 7.63. The fraction of sp³-hybridized carbons (Fsp3) is 0.438. The van der Waals surface area contributed by atoms with Gasteiger partial charge in [-0.1, -0.05) is 0 Å². The Morgan fingerprint density at radius 1 is 1.21 bits per heavy atom. The molecule has 1 heterocycles. The van der Waals surface area contributed by atoms with Gasteiger partial charge >= 0.3 is 5.97 Å². The van der Waals surface area contributed by atoms with E-state index in [9.17, 15) is 18.8 Å². The summed E-state index contributed by atoms with van der Waals surface area (Å²) in [5.74, 6) is -2.05. The van der Waals surface area contributed by atoms with Crippen LogP contribution in [-0.4, -0.2) is 66.9 Å². The first-order chi connectivity index (χ1) is 11.4. The molecule has 0 spiro atoms. The lowest BCUT2D eigenvalue weighted by atomic mass is 10.1. The van der Waals surface area contributed by atoms with E-state index in [0.29, 0.717) is 37.4 Å². The van der Waals surface area contributed by atoms with E-state index in [4.69, 9.17) is 5.11 Å². The molecule has 1 aromatic carbocycles. The number of aliphatic carboxylic acids is 1. The Morgan fingerprint density at radius 2 is 1.88 bits per heavy atom. The Bertz CT molecular complexity index is 642. The van der Waals surface area contributed by atoms with Gasteiger partial charge in [0.2, 0.25) is 5.91 Å². The number of benzene rings is 1. The zero-order valence-corrected chi connectivity index (χ0v) is 13.4. The number of halogens is 1. The number of rotatable bonds is 6. The molecule has 1 aromatic rings. The molecule has 2 N–H and O–H groups in total. The second-order valence-corrected chi connectivity index (χ2v) is 5.66. The minimum atomic E-state index is -1.09. The number of piperazine rings is 1. The summed E-state index contributed by atoms with van der Waals surface area (Å²) in [5, 5.41) is 10.8. The van der Waals surface area contributed by atoms with E-state index in [0.717, 1.165) is 0 Å². The Balaban J connectivity index is 1.87. The zero-order valence-electron chi connectivity index (χ0n) is 13.4. The number of anilines is 1. The molecule has 2 rings (SSSR count). The van der Waals surface area contributed by atoms with Gasteiger partial charge < -0.3 is 15.3 Å². The van der Waals surface area contributed by atoms with E-state index in [-0.39, 0.29) is 18.2 Å². The van der Waals surface area contributed by atoms with Gasteiger partial charge in [0.15, 0.2) is 5.78 Å². The third kappa shape index (κ3) is 4.76. The van der Waals surface area contributed by atoms with Crippen molar-refractivity contribution in [3.8, 4) is 0 Å². The van der Waals surface area contributed by atoms with Crippen molar-refractivity contribution in [1.29, 1.82) is 0 Å². The van der Waals surface area contributed by atoms with E-state index in [2.05, 4.69) is 5.32 Å². The average Bonchev–Trinajstić information content (AvgIpc) is 2.53. The Hall–Kier alpha value is -2.48. The summed E-state index contributed by atoms with van der Waals surface area (Å²) in [6.45, 7) is 3.33. The molecule has 1 aliphatic rings. The minimum Gasteiger partial charge on any atom is -0.480 e. The summed E-state index contributed by atoms with van der Waals surface area (Å²) in [5.41, 5.74) is 0.778. The van der Waals surface area contributed by atoms with E-state index >= 15 is 0 Å². The number of carboxylic acid groups (broad SMARTS) is 1. The van der Waals surface area contributed by atoms with Crippen molar-refractivity contribution in [3.63, 3.8) is 0 Å². The highest BCUT2D eigenvalue weighted by molar-refractivity contribution is 5.94. The van der Waals surface area contributed by atoms with Crippen LogP contribution < -0.4 is 10.2 Å². The number of ketones is 1. The number of nitrogens with one attached hydrogen (secondary N) is 1. The smallest absolute Gasteiger partial charge is 0.322 e. The lowest BCUT2D eigenvalue weighted by Crippen LogP contribution is -2.50. The third-order valence-corrected chi connectivity index (χ3v) is 3.87. The molecule has 0 aromatic heterocycles. The molecular formula is C16H20FN3O4. The highest BCUT2D eigenvalue weighted by Gasteiger charge is 2.21. The van der Waals surface area contributed by atoms with Gasteiger partial charge in [-0.15, -0.1) is 0 Å². The second-order valence-electron chi connectivity index (χ2n) is 5.66. The molecule has 0 aliphatic carbocycles. The van der Waals surface area contributed by atoms with Gasteiger partial charge in [-0.25, -0.2) is 4.39 Å². The largest absolute Gasteiger partial charge is 0.480 e. The minimum absolute atomic E-state index is 0.118. The number of carbonyl (C=O) groups is 3. The van der Waals surface area contributed by atoms with Crippen molar-refractivity contribution >= 4 is 23.3 Å². The Morgan fingerprint density at radius 3 is 2.42 bits per heavy atom. The normalized spacial score (nSPS) is 15.2. The molecule has 8 heteroatoms. The molecule has 0 atom stereocenters. The quantitative estimate of drug-likeness (QED) is 0.728. The molecule has 0 bridgehead atoms. The zero-order chi connectivity index (χ0) is 17.7. The number of hydrogen-bond donors (Lipinski definition) is 2. The fourth-order valence-electron chi connectivity index (χ4n) is 2.56. The van der Waals surface area contributed by atoms with Gasteiger partial charge in [0, 0.05) is 31.7 Å². The van der Waals surface area contributed by atoms with Crippen LogP contribution in [0.4, 0.5) is 10.1 Å². The summed E-state index contributed by atoms with van der Waals surface area (Å²) >= 11 is 0. The van der Waals surface area contributed by atoms with Crippen LogP contribution in [0.3, 0.4) is 0 Å². The summed E-state index contributed by atoms with van der Waals surface area (Å²) < 4.78 is 14.2. The van der Waals surface area contributed by atoms with E-state index in [1.165, 1.54) is 13.0 Å². The molecule has 130 valence electrons. The van der Waals surface area contributed by atoms with Crippen molar-refractivity contribution in [2.75, 3.05) is 44.2 Å². The van der Waals surface area contributed by atoms with Crippen LogP contribution in [0.1, 0.15) is 17.3 Å². The van der Waals surface area contributed by atoms with Crippen LogP contribution in [0.15, 0.2) is 18.2 Å². The van der Waals surface area contributed by atoms with E-state index in [1.54, 1.807) is 12.1 Å². The SMILES string of the molecule is CC(=O)c1ccc(N2CCN(CC(=O)NCC(=O)O)CC2)c(F)c1. The standard InChI is InChI=1S/C16H20FN3O4/c1-11(21)12-2-3-14(13(17)8-12)20-6-4-19(5-7-20)10-15(22)18-9-16(23)24/h2-3,8H,4-7,9-10H2,1H3,(H,18,22)(H,23,24). The van der Waals surface area contributed by atoms with Gasteiger partial charge in [-0.2, -0.15) is 0 Å². The van der Waals surface area contributed by atoms with Crippen LogP contribution in [0.5, 0.6) is 0 Å². The molecule has 1 aliphatic heterocycles. The summed E-state index contributed by atoms with van der Waals surface area (Å²) in [6.07, 6.45) is 0. The van der Waals surface area contributed by atoms with Crippen molar-refractivity contribution in [2.45, 2.75) is 6.92 Å². The van der Waals surface area contributed by atoms with Crippen LogP contribution >= 0.6 is 0 Å². The molecule has 0 unspecified atom stereocenters. The predicted octanol–water partition coefficient (Wildman–Crippen LogP) is 0.351. The molecule has 0 radical (unpaired) electrons. The monoisotopic (exact) mass is 337 g/mol. The fourth-order valence-corrected chi connectivity index (χ4v) is 2.56. The van der Waals surface area contributed by atoms with Crippen molar-refractivity contribution in [1.82, 2.24) is 10.2 Å². The van der Waals surface area contributed by atoms with Gasteiger partial charge in [0.05, 0.1) is 12.2 Å². The van der Waals surface area contributed by atoms with Gasteiger partial charge in [0.25, 0.3) is 0 Å². The molecule has 1 amide bonds. The van der Waals surface area contributed by atoms with Crippen LogP contribution in [0, 0.1) is 5.82 Å². The van der Waals surface area contributed by atoms with E-state index < -0.39 is 18.3 Å². The van der Waals surface area contributed by atoms with Gasteiger partial charge in [-0.05, 0) is 25.1 Å². The average molecular weight is 337 g/mol. The summed E-state index contributed by atoms with van der Waals surface area (Å²) in [4.78, 5) is 37.0. The van der Waals surface area contributed by atoms with Gasteiger partial charge in [-0.3, -0.25) is 19.3 Å². The van der Waals surface area contributed by atoms with Crippen molar-refractivity contribution in [2.24, 2.45) is 0 Å². The first-order valence-electron chi connectivity index (χ1n) is 7.63. The van der Waals surface area contributed by atoms with Gasteiger partial charge in [0.1, 0.15) is 12.4 Å². The van der Waals surface area contributed by atoms with Crippen LogP contribution in [-0.2, 0) is 9.59 Å². The number of hydrogen-bond acceptors (Lipinski definition) is 5. The second kappa shape index (κ2) is 7.87. The van der Waals surface area contributed by atoms with E-state index in [1.807, 2.05) is 9.80 Å². The maximum Gasteiger partial charge on any atom is 0.322 e. The maximum atomic E-state index is 14.2. The summed E-state index contributed by atoms with van der Waals surface area (Å²) in [6, 6.07) is 4.44.